The number of halogens is 1. The van der Waals surface area contributed by atoms with Crippen LogP contribution in [0.25, 0.3) is 0 Å². The average Bonchev–Trinajstić information content (AvgIpc) is 2.02. The Hall–Kier alpha value is 0.160. The van der Waals surface area contributed by atoms with Gasteiger partial charge in [0.05, 0.1) is 11.9 Å². The van der Waals surface area contributed by atoms with E-state index in [-0.39, 0.29) is 18.2 Å². The average molecular weight is 244 g/mol. The molecular formula is C8H18ClNO3S. The number of nitrogens with zero attached hydrogens (tertiary/aromatic N) is 1. The molecule has 0 rings (SSSR count). The minimum atomic E-state index is -3.28. The second kappa shape index (κ2) is 5.90. The van der Waals surface area contributed by atoms with Crippen molar-refractivity contribution in [2.75, 3.05) is 25.2 Å². The summed E-state index contributed by atoms with van der Waals surface area (Å²) >= 11 is 5.54. The lowest BCUT2D eigenvalue weighted by Crippen LogP contribution is -2.36. The molecule has 6 heteroatoms. The number of aliphatic hydroxyl groups excluding tert-OH is 1. The molecule has 0 aromatic heterocycles. The van der Waals surface area contributed by atoms with E-state index in [1.54, 1.807) is 13.8 Å². The molecule has 4 nitrogen and oxygen atoms in total. The Morgan fingerprint density at radius 2 is 1.93 bits per heavy atom. The molecule has 0 aliphatic heterocycles. The van der Waals surface area contributed by atoms with Gasteiger partial charge in [0, 0.05) is 19.5 Å². The fraction of sp³-hybridized carbons (Fsp3) is 1.00. The van der Waals surface area contributed by atoms with Gasteiger partial charge in [-0.15, -0.1) is 11.6 Å². The van der Waals surface area contributed by atoms with Crippen molar-refractivity contribution in [1.29, 1.82) is 0 Å². The summed E-state index contributed by atoms with van der Waals surface area (Å²) in [5.41, 5.74) is 0. The van der Waals surface area contributed by atoms with Gasteiger partial charge in [-0.3, -0.25) is 0 Å². The highest BCUT2D eigenvalue weighted by molar-refractivity contribution is 7.89. The quantitative estimate of drug-likeness (QED) is 0.692. The molecule has 1 N–H and O–H groups in total. The summed E-state index contributed by atoms with van der Waals surface area (Å²) < 4.78 is 24.4. The van der Waals surface area contributed by atoms with E-state index in [2.05, 4.69) is 0 Å². The molecule has 0 spiro atoms. The van der Waals surface area contributed by atoms with Crippen molar-refractivity contribution >= 4 is 21.6 Å². The van der Waals surface area contributed by atoms with Gasteiger partial charge in [-0.25, -0.2) is 12.7 Å². The maximum Gasteiger partial charge on any atom is 0.214 e. The van der Waals surface area contributed by atoms with Crippen molar-refractivity contribution in [1.82, 2.24) is 4.31 Å². The second-order valence-electron chi connectivity index (χ2n) is 3.67. The first-order chi connectivity index (χ1) is 6.29. The molecule has 0 aliphatic rings. The van der Waals surface area contributed by atoms with E-state index in [4.69, 9.17) is 16.7 Å². The molecule has 0 amide bonds. The minimum absolute atomic E-state index is 0.0275. The van der Waals surface area contributed by atoms with Crippen LogP contribution in [0.5, 0.6) is 0 Å². The summed E-state index contributed by atoms with van der Waals surface area (Å²) in [6.45, 7) is 3.45. The molecule has 0 saturated heterocycles. The standard InChI is InChI=1S/C8H18ClNO3S/c1-7(4-9)6-14(12,13)10(3)5-8(2)11/h7-8,11H,4-6H2,1-3H3. The lowest BCUT2D eigenvalue weighted by Gasteiger charge is -2.20. The van der Waals surface area contributed by atoms with E-state index in [1.165, 1.54) is 11.4 Å². The molecule has 2 atom stereocenters. The molecule has 0 saturated carbocycles. The number of alkyl halides is 1. The van der Waals surface area contributed by atoms with Crippen LogP contribution in [0.3, 0.4) is 0 Å². The minimum Gasteiger partial charge on any atom is -0.392 e. The summed E-state index contributed by atoms with van der Waals surface area (Å²) in [5.74, 6) is 0.277. The molecule has 86 valence electrons. The van der Waals surface area contributed by atoms with Gasteiger partial charge in [0.15, 0.2) is 0 Å². The predicted octanol–water partition coefficient (Wildman–Crippen LogP) is 0.504. The van der Waals surface area contributed by atoms with Crippen LogP contribution in [0.1, 0.15) is 13.8 Å². The smallest absolute Gasteiger partial charge is 0.214 e. The van der Waals surface area contributed by atoms with Crippen molar-refractivity contribution < 1.29 is 13.5 Å². The van der Waals surface area contributed by atoms with E-state index < -0.39 is 16.1 Å². The lowest BCUT2D eigenvalue weighted by atomic mass is 10.3. The van der Waals surface area contributed by atoms with Crippen molar-refractivity contribution in [2.45, 2.75) is 20.0 Å². The van der Waals surface area contributed by atoms with Gasteiger partial charge in [-0.05, 0) is 12.8 Å². The summed E-state index contributed by atoms with van der Waals surface area (Å²) in [7, 11) is -1.82. The van der Waals surface area contributed by atoms with E-state index in [9.17, 15) is 8.42 Å². The molecule has 0 heterocycles. The maximum absolute atomic E-state index is 11.6. The summed E-state index contributed by atoms with van der Waals surface area (Å²) in [5, 5.41) is 9.05. The third-order valence-electron chi connectivity index (χ3n) is 1.75. The third kappa shape index (κ3) is 5.14. The maximum atomic E-state index is 11.6. The van der Waals surface area contributed by atoms with Crippen LogP contribution in [-0.4, -0.2) is 49.2 Å². The number of likely N-dealkylation sites (N-methyl/N-ethyl adjacent to an activating group) is 1. The van der Waals surface area contributed by atoms with Crippen LogP contribution in [0.4, 0.5) is 0 Å². The summed E-state index contributed by atoms with van der Waals surface area (Å²) in [4.78, 5) is 0. The van der Waals surface area contributed by atoms with Crippen LogP contribution in [-0.2, 0) is 10.0 Å². The van der Waals surface area contributed by atoms with Gasteiger partial charge in [0.1, 0.15) is 0 Å². The predicted molar refractivity (Wildman–Crippen MR) is 58.0 cm³/mol. The van der Waals surface area contributed by atoms with Crippen LogP contribution < -0.4 is 0 Å². The molecule has 0 aromatic rings. The van der Waals surface area contributed by atoms with Crippen molar-refractivity contribution in [2.24, 2.45) is 5.92 Å². The topological polar surface area (TPSA) is 57.6 Å². The number of aliphatic hydroxyl groups is 1. The van der Waals surface area contributed by atoms with Gasteiger partial charge < -0.3 is 5.11 Å². The van der Waals surface area contributed by atoms with Gasteiger partial charge in [0.25, 0.3) is 0 Å². The molecular weight excluding hydrogens is 226 g/mol. The van der Waals surface area contributed by atoms with E-state index in [1.807, 2.05) is 0 Å². The first-order valence-electron chi connectivity index (χ1n) is 4.47. The van der Waals surface area contributed by atoms with E-state index in [0.717, 1.165) is 0 Å². The molecule has 0 aromatic carbocycles. The SMILES string of the molecule is CC(O)CN(C)S(=O)(=O)CC(C)CCl. The zero-order chi connectivity index (χ0) is 11.4. The van der Waals surface area contributed by atoms with Gasteiger partial charge in [-0.2, -0.15) is 0 Å². The number of hydrogen-bond acceptors (Lipinski definition) is 3. The van der Waals surface area contributed by atoms with E-state index in [0.29, 0.717) is 5.88 Å². The Morgan fingerprint density at radius 3 is 2.29 bits per heavy atom. The zero-order valence-corrected chi connectivity index (χ0v) is 10.3. The van der Waals surface area contributed by atoms with Crippen LogP contribution >= 0.6 is 11.6 Å². The van der Waals surface area contributed by atoms with Crippen LogP contribution in [0, 0.1) is 5.92 Å². The molecule has 0 bridgehead atoms. The Labute approximate surface area is 90.9 Å². The molecule has 14 heavy (non-hydrogen) atoms. The van der Waals surface area contributed by atoms with Crippen molar-refractivity contribution in [3.8, 4) is 0 Å². The fourth-order valence-electron chi connectivity index (χ4n) is 1.02. The molecule has 0 aliphatic carbocycles. The van der Waals surface area contributed by atoms with Gasteiger partial charge >= 0.3 is 0 Å². The first-order valence-corrected chi connectivity index (χ1v) is 6.62. The Kier molecular flexibility index (Phi) is 5.97. The fourth-order valence-corrected chi connectivity index (χ4v) is 2.79. The molecule has 2 unspecified atom stereocenters. The highest BCUT2D eigenvalue weighted by Gasteiger charge is 2.21. The van der Waals surface area contributed by atoms with Gasteiger partial charge in [-0.1, -0.05) is 6.92 Å². The number of rotatable bonds is 6. The second-order valence-corrected chi connectivity index (χ2v) is 6.10. The Bertz CT molecular complexity index is 253. The Balaban J connectivity index is 4.31. The summed E-state index contributed by atoms with van der Waals surface area (Å²) in [6.07, 6.45) is -0.652. The highest BCUT2D eigenvalue weighted by Crippen LogP contribution is 2.07. The van der Waals surface area contributed by atoms with Crippen LogP contribution in [0.15, 0.2) is 0 Å². The number of hydrogen-bond donors (Lipinski definition) is 1. The third-order valence-corrected chi connectivity index (χ3v) is 4.37. The monoisotopic (exact) mass is 243 g/mol. The molecule has 0 fully saturated rings. The normalized spacial score (nSPS) is 17.0. The first kappa shape index (κ1) is 14.2. The molecule has 0 radical (unpaired) electrons. The van der Waals surface area contributed by atoms with Crippen molar-refractivity contribution in [3.63, 3.8) is 0 Å². The Morgan fingerprint density at radius 1 is 1.43 bits per heavy atom. The largest absolute Gasteiger partial charge is 0.392 e. The lowest BCUT2D eigenvalue weighted by molar-refractivity contribution is 0.171. The highest BCUT2D eigenvalue weighted by atomic mass is 35.5. The zero-order valence-electron chi connectivity index (χ0n) is 8.77. The van der Waals surface area contributed by atoms with Crippen LogP contribution in [0.2, 0.25) is 0 Å². The van der Waals surface area contributed by atoms with Gasteiger partial charge in [0.2, 0.25) is 10.0 Å². The van der Waals surface area contributed by atoms with Crippen molar-refractivity contribution in [3.05, 3.63) is 0 Å². The number of sulfonamides is 1. The van der Waals surface area contributed by atoms with E-state index >= 15 is 0 Å². The summed E-state index contributed by atoms with van der Waals surface area (Å²) in [6, 6.07) is 0.